The lowest BCUT2D eigenvalue weighted by Gasteiger charge is -2.28. The quantitative estimate of drug-likeness (QED) is 0.536. The molecule has 0 aliphatic carbocycles. The highest BCUT2D eigenvalue weighted by Crippen LogP contribution is 2.07. The molecule has 0 aliphatic rings. The Kier molecular flexibility index (Phi) is 3.76. The summed E-state index contributed by atoms with van der Waals surface area (Å²) in [6.45, 7) is 5.20. The van der Waals surface area contributed by atoms with Crippen LogP contribution >= 0.6 is 0 Å². The van der Waals surface area contributed by atoms with Gasteiger partial charge in [0.25, 0.3) is 0 Å². The van der Waals surface area contributed by atoms with Gasteiger partial charge in [0, 0.05) is 12.3 Å². The number of hydrogen-bond donors (Lipinski definition) is 3. The standard InChI is InChI=1S/C8H15NO3/c1-6(10)8(2,3)9-5-4-7(11)12/h4-6,9-10H,1-3H3,(H,11,12)/b5-4+. The number of aliphatic hydroxyl groups is 1. The van der Waals surface area contributed by atoms with Gasteiger partial charge in [-0.3, -0.25) is 0 Å². The highest BCUT2D eigenvalue weighted by Gasteiger charge is 2.21. The molecule has 0 aromatic rings. The van der Waals surface area contributed by atoms with Crippen LogP contribution in [0.5, 0.6) is 0 Å². The summed E-state index contributed by atoms with van der Waals surface area (Å²) in [5.41, 5.74) is -0.508. The van der Waals surface area contributed by atoms with E-state index in [0.29, 0.717) is 0 Å². The van der Waals surface area contributed by atoms with Crippen molar-refractivity contribution in [2.45, 2.75) is 32.4 Å². The largest absolute Gasteiger partial charge is 0.478 e. The fraction of sp³-hybridized carbons (Fsp3) is 0.625. The van der Waals surface area contributed by atoms with Crippen LogP contribution in [-0.2, 0) is 4.79 Å². The van der Waals surface area contributed by atoms with Crippen molar-refractivity contribution in [3.05, 3.63) is 12.3 Å². The Bertz CT molecular complexity index is 185. The highest BCUT2D eigenvalue weighted by molar-refractivity contribution is 5.79. The molecule has 1 atom stereocenters. The third-order valence-corrected chi connectivity index (χ3v) is 1.73. The molecule has 0 aromatic heterocycles. The summed E-state index contributed by atoms with van der Waals surface area (Å²) < 4.78 is 0. The Morgan fingerprint density at radius 1 is 1.58 bits per heavy atom. The van der Waals surface area contributed by atoms with E-state index in [9.17, 15) is 9.90 Å². The molecule has 1 unspecified atom stereocenters. The Morgan fingerprint density at radius 3 is 2.42 bits per heavy atom. The van der Waals surface area contributed by atoms with Gasteiger partial charge in [0.05, 0.1) is 11.6 Å². The summed E-state index contributed by atoms with van der Waals surface area (Å²) in [7, 11) is 0. The Balaban J connectivity index is 4.00. The van der Waals surface area contributed by atoms with Crippen LogP contribution in [-0.4, -0.2) is 27.8 Å². The van der Waals surface area contributed by atoms with Crippen molar-refractivity contribution in [3.63, 3.8) is 0 Å². The average molecular weight is 173 g/mol. The van der Waals surface area contributed by atoms with Crippen molar-refractivity contribution >= 4 is 5.97 Å². The highest BCUT2D eigenvalue weighted by atomic mass is 16.4. The molecular weight excluding hydrogens is 158 g/mol. The van der Waals surface area contributed by atoms with Crippen LogP contribution in [0.3, 0.4) is 0 Å². The third kappa shape index (κ3) is 3.98. The minimum absolute atomic E-state index is 0.508. The van der Waals surface area contributed by atoms with E-state index in [1.54, 1.807) is 20.8 Å². The molecular formula is C8H15NO3. The van der Waals surface area contributed by atoms with E-state index in [1.807, 2.05) is 0 Å². The maximum atomic E-state index is 10.1. The number of carboxylic acids is 1. The predicted molar refractivity (Wildman–Crippen MR) is 45.7 cm³/mol. The zero-order chi connectivity index (χ0) is 9.78. The van der Waals surface area contributed by atoms with E-state index in [-0.39, 0.29) is 0 Å². The van der Waals surface area contributed by atoms with Gasteiger partial charge in [-0.05, 0) is 20.8 Å². The predicted octanol–water partition coefficient (Wildman–Crippen LogP) is 0.334. The fourth-order valence-electron chi connectivity index (χ4n) is 0.448. The van der Waals surface area contributed by atoms with Crippen molar-refractivity contribution in [2.24, 2.45) is 0 Å². The molecule has 0 spiro atoms. The molecule has 0 saturated heterocycles. The van der Waals surface area contributed by atoms with E-state index in [1.165, 1.54) is 6.20 Å². The summed E-state index contributed by atoms with van der Waals surface area (Å²) >= 11 is 0. The van der Waals surface area contributed by atoms with Gasteiger partial charge in [-0.1, -0.05) is 0 Å². The van der Waals surface area contributed by atoms with Crippen LogP contribution in [0.2, 0.25) is 0 Å². The SMILES string of the molecule is CC(O)C(C)(C)N/C=C/C(=O)O. The van der Waals surface area contributed by atoms with Crippen molar-refractivity contribution in [1.82, 2.24) is 5.32 Å². The molecule has 0 saturated carbocycles. The van der Waals surface area contributed by atoms with Gasteiger partial charge in [0.1, 0.15) is 0 Å². The van der Waals surface area contributed by atoms with Gasteiger partial charge >= 0.3 is 5.97 Å². The molecule has 0 rings (SSSR count). The second-order valence-corrected chi connectivity index (χ2v) is 3.21. The van der Waals surface area contributed by atoms with Crippen molar-refractivity contribution < 1.29 is 15.0 Å². The number of nitrogens with one attached hydrogen (secondary N) is 1. The molecule has 3 N–H and O–H groups in total. The van der Waals surface area contributed by atoms with Gasteiger partial charge in [-0.2, -0.15) is 0 Å². The van der Waals surface area contributed by atoms with Crippen molar-refractivity contribution in [2.75, 3.05) is 0 Å². The first-order chi connectivity index (χ1) is 5.36. The van der Waals surface area contributed by atoms with E-state index >= 15 is 0 Å². The van der Waals surface area contributed by atoms with Crippen LogP contribution in [0.4, 0.5) is 0 Å². The van der Waals surface area contributed by atoms with Gasteiger partial charge in [-0.25, -0.2) is 4.79 Å². The Morgan fingerprint density at radius 2 is 2.08 bits per heavy atom. The van der Waals surface area contributed by atoms with E-state index < -0.39 is 17.6 Å². The number of carboxylic acid groups (broad SMARTS) is 1. The molecule has 4 heteroatoms. The summed E-state index contributed by atoms with van der Waals surface area (Å²) in [4.78, 5) is 10.1. The first kappa shape index (κ1) is 11.0. The maximum absolute atomic E-state index is 10.1. The number of carbonyl (C=O) groups is 1. The zero-order valence-corrected chi connectivity index (χ0v) is 7.53. The van der Waals surface area contributed by atoms with Gasteiger partial charge in [0.2, 0.25) is 0 Å². The van der Waals surface area contributed by atoms with Crippen molar-refractivity contribution in [3.8, 4) is 0 Å². The van der Waals surface area contributed by atoms with Crippen LogP contribution in [0.15, 0.2) is 12.3 Å². The monoisotopic (exact) mass is 173 g/mol. The van der Waals surface area contributed by atoms with Gasteiger partial charge < -0.3 is 15.5 Å². The lowest BCUT2D eigenvalue weighted by molar-refractivity contribution is -0.131. The number of rotatable bonds is 4. The van der Waals surface area contributed by atoms with Crippen molar-refractivity contribution in [1.29, 1.82) is 0 Å². The Labute approximate surface area is 71.9 Å². The number of aliphatic carboxylic acids is 1. The number of aliphatic hydroxyl groups excluding tert-OH is 1. The molecule has 0 radical (unpaired) electrons. The molecule has 0 aliphatic heterocycles. The third-order valence-electron chi connectivity index (χ3n) is 1.73. The minimum Gasteiger partial charge on any atom is -0.478 e. The molecule has 0 amide bonds. The van der Waals surface area contributed by atoms with Crippen LogP contribution < -0.4 is 5.32 Å². The van der Waals surface area contributed by atoms with Gasteiger partial charge in [0.15, 0.2) is 0 Å². The lowest BCUT2D eigenvalue weighted by atomic mass is 9.99. The smallest absolute Gasteiger partial charge is 0.329 e. The zero-order valence-electron chi connectivity index (χ0n) is 7.53. The lowest BCUT2D eigenvalue weighted by Crippen LogP contribution is -2.45. The van der Waals surface area contributed by atoms with Crippen LogP contribution in [0.25, 0.3) is 0 Å². The molecule has 0 fully saturated rings. The van der Waals surface area contributed by atoms with E-state index in [0.717, 1.165) is 6.08 Å². The molecule has 0 bridgehead atoms. The second-order valence-electron chi connectivity index (χ2n) is 3.21. The average Bonchev–Trinajstić information content (AvgIpc) is 1.85. The normalized spacial score (nSPS) is 14.7. The van der Waals surface area contributed by atoms with Crippen LogP contribution in [0, 0.1) is 0 Å². The molecule has 0 heterocycles. The fourth-order valence-corrected chi connectivity index (χ4v) is 0.448. The van der Waals surface area contributed by atoms with Crippen LogP contribution in [0.1, 0.15) is 20.8 Å². The molecule has 12 heavy (non-hydrogen) atoms. The Hall–Kier alpha value is -1.03. The number of hydrogen-bond acceptors (Lipinski definition) is 3. The molecule has 70 valence electrons. The first-order valence-electron chi connectivity index (χ1n) is 3.71. The summed E-state index contributed by atoms with van der Waals surface area (Å²) in [5.74, 6) is -1.01. The summed E-state index contributed by atoms with van der Waals surface area (Å²) in [6, 6.07) is 0. The minimum atomic E-state index is -1.01. The summed E-state index contributed by atoms with van der Waals surface area (Å²) in [6.07, 6.45) is 1.76. The first-order valence-corrected chi connectivity index (χ1v) is 3.71. The van der Waals surface area contributed by atoms with Gasteiger partial charge in [-0.15, -0.1) is 0 Å². The molecule has 4 nitrogen and oxygen atoms in total. The topological polar surface area (TPSA) is 69.6 Å². The summed E-state index contributed by atoms with van der Waals surface area (Å²) in [5, 5.41) is 20.2. The van der Waals surface area contributed by atoms with E-state index in [2.05, 4.69) is 5.32 Å². The van der Waals surface area contributed by atoms with E-state index in [4.69, 9.17) is 5.11 Å². The maximum Gasteiger partial charge on any atom is 0.329 e. The molecule has 0 aromatic carbocycles. The second kappa shape index (κ2) is 4.11.